The lowest BCUT2D eigenvalue weighted by Crippen LogP contribution is -2.21. The predicted octanol–water partition coefficient (Wildman–Crippen LogP) is 5.57. The first-order chi connectivity index (χ1) is 14.4. The summed E-state index contributed by atoms with van der Waals surface area (Å²) in [6.07, 6.45) is 12.1. The number of fused-ring (bicyclic) bond motifs is 3. The van der Waals surface area contributed by atoms with Gasteiger partial charge in [0.1, 0.15) is 23.2 Å². The molecular weight excluding hydrogens is 379 g/mol. The maximum absolute atomic E-state index is 13.6. The second kappa shape index (κ2) is 8.38. The lowest BCUT2D eigenvalue weighted by Gasteiger charge is -2.25. The van der Waals surface area contributed by atoms with Crippen molar-refractivity contribution in [2.75, 3.05) is 0 Å². The van der Waals surface area contributed by atoms with Gasteiger partial charge in [0.05, 0.1) is 0 Å². The molecular formula is C24H27FN4O. The highest BCUT2D eigenvalue weighted by Gasteiger charge is 2.20. The molecule has 0 radical (unpaired) electrons. The molecule has 5 nitrogen and oxygen atoms in total. The zero-order valence-corrected chi connectivity index (χ0v) is 17.7. The number of aromatic amines is 1. The topological polar surface area (TPSA) is 63.0 Å². The van der Waals surface area contributed by atoms with Crippen LogP contribution in [0.1, 0.15) is 46.5 Å². The number of benzene rings is 1. The highest BCUT2D eigenvalue weighted by atomic mass is 19.1. The summed E-state index contributed by atoms with van der Waals surface area (Å²) in [5.74, 6) is 0.410. The van der Waals surface area contributed by atoms with Gasteiger partial charge < -0.3 is 4.98 Å². The molecule has 1 aromatic carbocycles. The predicted molar refractivity (Wildman–Crippen MR) is 120 cm³/mol. The Morgan fingerprint density at radius 3 is 3.00 bits per heavy atom. The van der Waals surface area contributed by atoms with Crippen LogP contribution < -0.4 is 5.56 Å². The number of H-pyrrole nitrogens is 1. The fourth-order valence-electron chi connectivity index (χ4n) is 4.10. The van der Waals surface area contributed by atoms with E-state index in [4.69, 9.17) is 0 Å². The number of allylic oxidation sites excluding steroid dienone is 4. The highest BCUT2D eigenvalue weighted by Crippen LogP contribution is 2.30. The van der Waals surface area contributed by atoms with Gasteiger partial charge in [-0.3, -0.25) is 4.79 Å². The van der Waals surface area contributed by atoms with Gasteiger partial charge in [0, 0.05) is 23.0 Å². The standard InChI is InChI=1S/C24H27FN4O/c1-15(2)5-4-6-17-7-8-18(16(3)11-17)13-27-29-14-26-22-20-12-19(25)9-10-21(20)28-23(22)24(29)30/h5,7,9-10,12-14,16,18,28H,4,6,8,11H2,1-3H3/b27-13-/t16-,18+/m1/s1. The summed E-state index contributed by atoms with van der Waals surface area (Å²) in [6, 6.07) is 4.37. The molecule has 2 atom stereocenters. The highest BCUT2D eigenvalue weighted by molar-refractivity contribution is 6.04. The van der Waals surface area contributed by atoms with Crippen molar-refractivity contribution in [1.82, 2.24) is 14.6 Å². The molecule has 3 aromatic rings. The average Bonchev–Trinajstić information content (AvgIpc) is 3.07. The molecule has 2 heterocycles. The van der Waals surface area contributed by atoms with Gasteiger partial charge in [-0.1, -0.05) is 30.2 Å². The van der Waals surface area contributed by atoms with Crippen molar-refractivity contribution in [3.05, 3.63) is 64.0 Å². The Bertz CT molecular complexity index is 1230. The summed E-state index contributed by atoms with van der Waals surface area (Å²) >= 11 is 0. The Balaban J connectivity index is 1.53. The summed E-state index contributed by atoms with van der Waals surface area (Å²) in [5, 5.41) is 5.01. The van der Waals surface area contributed by atoms with Crippen LogP contribution in [0.2, 0.25) is 0 Å². The largest absolute Gasteiger partial charge is 0.349 e. The van der Waals surface area contributed by atoms with E-state index in [1.54, 1.807) is 6.07 Å². The van der Waals surface area contributed by atoms with E-state index in [1.165, 1.54) is 34.3 Å². The van der Waals surface area contributed by atoms with Crippen molar-refractivity contribution in [2.45, 2.75) is 46.5 Å². The Hall–Kier alpha value is -3.02. The molecule has 0 saturated heterocycles. The first kappa shape index (κ1) is 20.3. The third kappa shape index (κ3) is 4.13. The van der Waals surface area contributed by atoms with Crippen LogP contribution in [0, 0.1) is 17.7 Å². The third-order valence-corrected chi connectivity index (χ3v) is 5.85. The van der Waals surface area contributed by atoms with Gasteiger partial charge in [0.15, 0.2) is 0 Å². The average molecular weight is 407 g/mol. The normalized spacial score (nSPS) is 19.5. The first-order valence-corrected chi connectivity index (χ1v) is 10.5. The lowest BCUT2D eigenvalue weighted by molar-refractivity contribution is 0.429. The van der Waals surface area contributed by atoms with Crippen LogP contribution in [-0.4, -0.2) is 20.9 Å². The van der Waals surface area contributed by atoms with Crippen LogP contribution in [0.25, 0.3) is 21.9 Å². The van der Waals surface area contributed by atoms with Gasteiger partial charge in [0.2, 0.25) is 0 Å². The van der Waals surface area contributed by atoms with Crippen LogP contribution in [0.15, 0.2) is 57.7 Å². The van der Waals surface area contributed by atoms with Crippen molar-refractivity contribution in [3.63, 3.8) is 0 Å². The Kier molecular flexibility index (Phi) is 5.66. The first-order valence-electron chi connectivity index (χ1n) is 10.5. The van der Waals surface area contributed by atoms with E-state index < -0.39 is 0 Å². The molecule has 0 amide bonds. The molecule has 1 N–H and O–H groups in total. The van der Waals surface area contributed by atoms with Crippen LogP contribution in [-0.2, 0) is 0 Å². The van der Waals surface area contributed by atoms with Crippen molar-refractivity contribution >= 4 is 28.2 Å². The summed E-state index contributed by atoms with van der Waals surface area (Å²) in [6.45, 7) is 6.50. The Morgan fingerprint density at radius 1 is 1.40 bits per heavy atom. The van der Waals surface area contributed by atoms with E-state index in [2.05, 4.69) is 48.0 Å². The second-order valence-corrected chi connectivity index (χ2v) is 8.46. The zero-order chi connectivity index (χ0) is 21.3. The molecule has 1 aliphatic carbocycles. The number of rotatable bonds is 5. The molecule has 1 aliphatic rings. The van der Waals surface area contributed by atoms with Crippen LogP contribution in [0.5, 0.6) is 0 Å². The van der Waals surface area contributed by atoms with Crippen LogP contribution >= 0.6 is 0 Å². The minimum absolute atomic E-state index is 0.283. The quantitative estimate of drug-likeness (QED) is 0.445. The van der Waals surface area contributed by atoms with E-state index in [9.17, 15) is 9.18 Å². The van der Waals surface area contributed by atoms with Gasteiger partial charge in [-0.05, 0) is 63.6 Å². The molecule has 4 rings (SSSR count). The van der Waals surface area contributed by atoms with Crippen molar-refractivity contribution < 1.29 is 4.39 Å². The smallest absolute Gasteiger partial charge is 0.298 e. The molecule has 156 valence electrons. The molecule has 2 aromatic heterocycles. The van der Waals surface area contributed by atoms with Gasteiger partial charge >= 0.3 is 0 Å². The maximum Gasteiger partial charge on any atom is 0.298 e. The van der Waals surface area contributed by atoms with E-state index in [0.29, 0.717) is 27.9 Å². The SMILES string of the molecule is CC(C)=CCCC1=CC[C@@H](/C=N\n2cnc3c([nH]c4ccc(F)cc43)c2=O)[C@H](C)C1. The van der Waals surface area contributed by atoms with Crippen molar-refractivity contribution in [2.24, 2.45) is 16.9 Å². The number of nitrogens with zero attached hydrogens (tertiary/aromatic N) is 3. The fraction of sp³-hybridized carbons (Fsp3) is 0.375. The number of nitrogens with one attached hydrogen (secondary N) is 1. The Morgan fingerprint density at radius 2 is 2.23 bits per heavy atom. The number of aromatic nitrogens is 3. The second-order valence-electron chi connectivity index (χ2n) is 8.46. The van der Waals surface area contributed by atoms with Gasteiger partial charge in [0.25, 0.3) is 5.56 Å². The van der Waals surface area contributed by atoms with Crippen LogP contribution in [0.3, 0.4) is 0 Å². The number of halogens is 1. The Labute approximate surface area is 175 Å². The van der Waals surface area contributed by atoms with Crippen molar-refractivity contribution in [3.8, 4) is 0 Å². The van der Waals surface area contributed by atoms with E-state index in [1.807, 2.05) is 6.21 Å². The number of hydrogen-bond acceptors (Lipinski definition) is 3. The molecule has 0 unspecified atom stereocenters. The van der Waals surface area contributed by atoms with Gasteiger partial charge in [-0.2, -0.15) is 9.78 Å². The van der Waals surface area contributed by atoms with Crippen LogP contribution in [0.4, 0.5) is 4.39 Å². The minimum atomic E-state index is -0.355. The van der Waals surface area contributed by atoms with Crippen molar-refractivity contribution in [1.29, 1.82) is 0 Å². The lowest BCUT2D eigenvalue weighted by atomic mass is 9.80. The fourth-order valence-corrected chi connectivity index (χ4v) is 4.10. The molecule has 6 heteroatoms. The monoisotopic (exact) mass is 406 g/mol. The molecule has 0 aliphatic heterocycles. The van der Waals surface area contributed by atoms with E-state index >= 15 is 0 Å². The maximum atomic E-state index is 13.6. The van der Waals surface area contributed by atoms with Gasteiger partial charge in [-0.25, -0.2) is 9.37 Å². The summed E-state index contributed by atoms with van der Waals surface area (Å²) in [4.78, 5) is 20.2. The zero-order valence-electron chi connectivity index (χ0n) is 17.7. The summed E-state index contributed by atoms with van der Waals surface area (Å²) in [5.41, 5.74) is 4.08. The van der Waals surface area contributed by atoms with E-state index in [-0.39, 0.29) is 17.3 Å². The molecule has 0 saturated carbocycles. The number of hydrogen-bond donors (Lipinski definition) is 1. The minimum Gasteiger partial charge on any atom is -0.349 e. The third-order valence-electron chi connectivity index (χ3n) is 5.85. The van der Waals surface area contributed by atoms with Gasteiger partial charge in [-0.15, -0.1) is 0 Å². The molecule has 0 bridgehead atoms. The molecule has 0 spiro atoms. The summed E-state index contributed by atoms with van der Waals surface area (Å²) in [7, 11) is 0. The molecule has 0 fully saturated rings. The van der Waals surface area contributed by atoms with E-state index in [0.717, 1.165) is 25.7 Å². The summed E-state index contributed by atoms with van der Waals surface area (Å²) < 4.78 is 14.8. The molecule has 30 heavy (non-hydrogen) atoms.